The SMILES string of the molecule is CCOC(=O)c1cn(CCCCCCCCCCn2cc(C(=O)OCC)nn2)nn1. The molecule has 0 bridgehead atoms. The highest BCUT2D eigenvalue weighted by Gasteiger charge is 2.12. The first kappa shape index (κ1) is 23.5. The van der Waals surface area contributed by atoms with Crippen LogP contribution in [0.3, 0.4) is 0 Å². The maximum atomic E-state index is 11.5. The third kappa shape index (κ3) is 8.30. The van der Waals surface area contributed by atoms with Crippen molar-refractivity contribution in [1.82, 2.24) is 30.0 Å². The summed E-state index contributed by atoms with van der Waals surface area (Å²) in [5.74, 6) is -0.848. The lowest BCUT2D eigenvalue weighted by Gasteiger charge is -2.03. The molecule has 0 aromatic carbocycles. The van der Waals surface area contributed by atoms with Gasteiger partial charge >= 0.3 is 11.9 Å². The van der Waals surface area contributed by atoms with Gasteiger partial charge in [0.25, 0.3) is 0 Å². The molecule has 10 nitrogen and oxygen atoms in total. The predicted molar refractivity (Wildman–Crippen MR) is 109 cm³/mol. The molecule has 0 saturated carbocycles. The smallest absolute Gasteiger partial charge is 0.360 e. The van der Waals surface area contributed by atoms with Gasteiger partial charge in [0, 0.05) is 13.1 Å². The number of carbonyl (C=O) groups excluding carboxylic acids is 2. The molecule has 2 heterocycles. The van der Waals surface area contributed by atoms with Gasteiger partial charge in [0.2, 0.25) is 0 Å². The van der Waals surface area contributed by atoms with Gasteiger partial charge in [-0.3, -0.25) is 9.36 Å². The van der Waals surface area contributed by atoms with Crippen LogP contribution in [0.4, 0.5) is 0 Å². The zero-order valence-electron chi connectivity index (χ0n) is 18.0. The third-order valence-electron chi connectivity index (χ3n) is 4.57. The molecule has 0 aliphatic carbocycles. The molecule has 0 radical (unpaired) electrons. The summed E-state index contributed by atoms with van der Waals surface area (Å²) in [6.07, 6.45) is 12.4. The van der Waals surface area contributed by atoms with Gasteiger partial charge in [-0.1, -0.05) is 49.0 Å². The molecule has 30 heavy (non-hydrogen) atoms. The maximum Gasteiger partial charge on any atom is 0.360 e. The number of nitrogens with zero attached hydrogens (tertiary/aromatic N) is 6. The van der Waals surface area contributed by atoms with Crippen molar-refractivity contribution in [2.75, 3.05) is 13.2 Å². The molecule has 166 valence electrons. The summed E-state index contributed by atoms with van der Waals surface area (Å²) in [6.45, 7) is 5.73. The number of hydrogen-bond acceptors (Lipinski definition) is 8. The van der Waals surface area contributed by atoms with E-state index < -0.39 is 11.9 Å². The Labute approximate surface area is 176 Å². The second kappa shape index (κ2) is 13.4. The van der Waals surface area contributed by atoms with Gasteiger partial charge < -0.3 is 9.47 Å². The van der Waals surface area contributed by atoms with E-state index in [1.807, 2.05) is 0 Å². The van der Waals surface area contributed by atoms with E-state index in [4.69, 9.17) is 9.47 Å². The summed E-state index contributed by atoms with van der Waals surface area (Å²) in [5, 5.41) is 15.6. The molecule has 0 amide bonds. The van der Waals surface area contributed by atoms with Crippen molar-refractivity contribution in [2.24, 2.45) is 0 Å². The first-order valence-corrected chi connectivity index (χ1v) is 10.8. The quantitative estimate of drug-likeness (QED) is 0.319. The molecule has 0 aliphatic heterocycles. The van der Waals surface area contributed by atoms with Crippen LogP contribution in [0.15, 0.2) is 12.4 Å². The van der Waals surface area contributed by atoms with Crippen LogP contribution in [0.25, 0.3) is 0 Å². The Morgan fingerprint density at radius 1 is 0.700 bits per heavy atom. The van der Waals surface area contributed by atoms with Gasteiger partial charge in [0.15, 0.2) is 11.4 Å². The lowest BCUT2D eigenvalue weighted by molar-refractivity contribution is 0.0510. The van der Waals surface area contributed by atoms with E-state index in [-0.39, 0.29) is 11.4 Å². The molecule has 10 heteroatoms. The standard InChI is InChI=1S/C20H32N6O4/c1-3-29-19(27)17-15-25(23-21-17)13-11-9-7-5-6-8-10-12-14-26-16-18(22-24-26)20(28)30-4-2/h15-16H,3-14H2,1-2H3. The lowest BCUT2D eigenvalue weighted by atomic mass is 10.1. The minimum atomic E-state index is -0.424. The van der Waals surface area contributed by atoms with Crippen molar-refractivity contribution in [1.29, 1.82) is 0 Å². The average molecular weight is 421 g/mol. The molecule has 0 unspecified atom stereocenters. The van der Waals surface area contributed by atoms with Crippen molar-refractivity contribution in [3.05, 3.63) is 23.8 Å². The van der Waals surface area contributed by atoms with Crippen LogP contribution in [-0.4, -0.2) is 55.1 Å². The topological polar surface area (TPSA) is 114 Å². The average Bonchev–Trinajstić information content (AvgIpc) is 3.39. The van der Waals surface area contributed by atoms with Gasteiger partial charge in [-0.25, -0.2) is 9.59 Å². The van der Waals surface area contributed by atoms with Gasteiger partial charge in [-0.2, -0.15) is 0 Å². The zero-order chi connectivity index (χ0) is 21.6. The van der Waals surface area contributed by atoms with E-state index in [2.05, 4.69) is 20.6 Å². The normalized spacial score (nSPS) is 10.9. The van der Waals surface area contributed by atoms with E-state index in [9.17, 15) is 9.59 Å². The van der Waals surface area contributed by atoms with E-state index in [0.29, 0.717) is 13.2 Å². The van der Waals surface area contributed by atoms with Gasteiger partial charge in [0.1, 0.15) is 0 Å². The second-order valence-electron chi connectivity index (χ2n) is 7.00. The van der Waals surface area contributed by atoms with Crippen LogP contribution in [0.5, 0.6) is 0 Å². The van der Waals surface area contributed by atoms with E-state index in [1.165, 1.54) is 25.7 Å². The largest absolute Gasteiger partial charge is 0.461 e. The van der Waals surface area contributed by atoms with E-state index in [0.717, 1.165) is 38.8 Å². The lowest BCUT2D eigenvalue weighted by Crippen LogP contribution is -2.04. The van der Waals surface area contributed by atoms with Crippen molar-refractivity contribution >= 4 is 11.9 Å². The van der Waals surface area contributed by atoms with Crippen LogP contribution < -0.4 is 0 Å². The number of aromatic nitrogens is 6. The Hall–Kier alpha value is -2.78. The van der Waals surface area contributed by atoms with Gasteiger partial charge in [-0.05, 0) is 26.7 Å². The Morgan fingerprint density at radius 3 is 1.43 bits per heavy atom. The summed E-state index contributed by atoms with van der Waals surface area (Å²) in [5.41, 5.74) is 0.528. The van der Waals surface area contributed by atoms with E-state index in [1.54, 1.807) is 35.6 Å². The molecule has 0 N–H and O–H groups in total. The van der Waals surface area contributed by atoms with Crippen molar-refractivity contribution in [3.8, 4) is 0 Å². The summed E-state index contributed by atoms with van der Waals surface area (Å²) < 4.78 is 13.2. The zero-order valence-corrected chi connectivity index (χ0v) is 18.0. The highest BCUT2D eigenvalue weighted by Crippen LogP contribution is 2.10. The van der Waals surface area contributed by atoms with Crippen LogP contribution in [0, 0.1) is 0 Å². The highest BCUT2D eigenvalue weighted by atomic mass is 16.5. The number of rotatable bonds is 15. The molecular weight excluding hydrogens is 388 g/mol. The van der Waals surface area contributed by atoms with Crippen LogP contribution in [-0.2, 0) is 22.6 Å². The van der Waals surface area contributed by atoms with E-state index >= 15 is 0 Å². The third-order valence-corrected chi connectivity index (χ3v) is 4.57. The molecule has 2 aromatic heterocycles. The molecular formula is C20H32N6O4. The molecule has 0 aliphatic rings. The van der Waals surface area contributed by atoms with Gasteiger partial charge in [0.05, 0.1) is 25.6 Å². The number of unbranched alkanes of at least 4 members (excludes halogenated alkanes) is 7. The first-order valence-electron chi connectivity index (χ1n) is 10.8. The monoisotopic (exact) mass is 420 g/mol. The molecule has 2 rings (SSSR count). The summed E-state index contributed by atoms with van der Waals surface area (Å²) in [7, 11) is 0. The molecule has 0 fully saturated rings. The predicted octanol–water partition coefficient (Wildman–Crippen LogP) is 3.04. The minimum absolute atomic E-state index is 0.264. The van der Waals surface area contributed by atoms with Crippen molar-refractivity contribution < 1.29 is 19.1 Å². The molecule has 2 aromatic rings. The fraction of sp³-hybridized carbons (Fsp3) is 0.700. The summed E-state index contributed by atoms with van der Waals surface area (Å²) in [4.78, 5) is 23.1. The first-order chi connectivity index (χ1) is 14.6. The Kier molecular flexibility index (Phi) is 10.5. The number of aryl methyl sites for hydroxylation is 2. The van der Waals surface area contributed by atoms with Crippen LogP contribution in [0.1, 0.15) is 86.2 Å². The van der Waals surface area contributed by atoms with Gasteiger partial charge in [-0.15, -0.1) is 10.2 Å². The Morgan fingerprint density at radius 2 is 1.07 bits per heavy atom. The fourth-order valence-corrected chi connectivity index (χ4v) is 3.02. The molecule has 0 atom stereocenters. The highest BCUT2D eigenvalue weighted by molar-refractivity contribution is 5.87. The number of ether oxygens (including phenoxy) is 2. The molecule has 0 spiro atoms. The van der Waals surface area contributed by atoms with Crippen LogP contribution >= 0.6 is 0 Å². The summed E-state index contributed by atoms with van der Waals surface area (Å²) in [6, 6.07) is 0. The Bertz CT molecular complexity index is 709. The summed E-state index contributed by atoms with van der Waals surface area (Å²) >= 11 is 0. The fourth-order valence-electron chi connectivity index (χ4n) is 3.02. The molecule has 0 saturated heterocycles. The second-order valence-corrected chi connectivity index (χ2v) is 7.00. The number of hydrogen-bond donors (Lipinski definition) is 0. The minimum Gasteiger partial charge on any atom is -0.461 e. The van der Waals surface area contributed by atoms with Crippen LogP contribution in [0.2, 0.25) is 0 Å². The number of carbonyl (C=O) groups is 2. The van der Waals surface area contributed by atoms with Crippen molar-refractivity contribution in [2.45, 2.75) is 78.3 Å². The Balaban J connectivity index is 1.45. The number of esters is 2. The maximum absolute atomic E-state index is 11.5. The van der Waals surface area contributed by atoms with Crippen molar-refractivity contribution in [3.63, 3.8) is 0 Å².